The molecule has 11 heteroatoms. The number of ether oxygens (including phenoxy) is 1. The quantitative estimate of drug-likeness (QED) is 0.643. The fourth-order valence-corrected chi connectivity index (χ4v) is 5.53. The van der Waals surface area contributed by atoms with Gasteiger partial charge in [0, 0.05) is 48.6 Å². The monoisotopic (exact) mass is 451 g/mol. The van der Waals surface area contributed by atoms with Crippen LogP contribution in [0.2, 0.25) is 0 Å². The lowest BCUT2D eigenvalue weighted by Gasteiger charge is -2.14. The summed E-state index contributed by atoms with van der Waals surface area (Å²) in [5.41, 5.74) is 1.79. The maximum absolute atomic E-state index is 14.2. The number of alkyl carbamates (subject to hydrolysis) is 1. The largest absolute Gasteiger partial charge is 0.446 e. The molecule has 1 aliphatic carbocycles. The summed E-state index contributed by atoms with van der Waals surface area (Å²) in [6.45, 7) is 3.85. The Morgan fingerprint density at radius 3 is 2.87 bits per heavy atom. The van der Waals surface area contributed by atoms with E-state index in [1.54, 1.807) is 0 Å². The summed E-state index contributed by atoms with van der Waals surface area (Å²) in [5, 5.41) is 13.1. The van der Waals surface area contributed by atoms with Crippen molar-refractivity contribution < 1.29 is 22.3 Å². The van der Waals surface area contributed by atoms with Crippen LogP contribution < -0.4 is 10.6 Å². The van der Waals surface area contributed by atoms with Crippen LogP contribution >= 0.6 is 0 Å². The van der Waals surface area contributed by atoms with Gasteiger partial charge in [-0.15, -0.1) is 0 Å². The first-order chi connectivity index (χ1) is 14.6. The predicted molar refractivity (Wildman–Crippen MR) is 112 cm³/mol. The highest BCUT2D eigenvalue weighted by molar-refractivity contribution is 7.89. The number of carbonyl (C=O) groups excluding carboxylic acids is 1. The smallest absolute Gasteiger partial charge is 0.407 e. The van der Waals surface area contributed by atoms with E-state index in [0.717, 1.165) is 28.9 Å². The van der Waals surface area contributed by atoms with E-state index >= 15 is 0 Å². The lowest BCUT2D eigenvalue weighted by Crippen LogP contribution is -2.33. The van der Waals surface area contributed by atoms with Gasteiger partial charge in [0.2, 0.25) is 10.0 Å². The number of sulfonamides is 1. The van der Waals surface area contributed by atoms with Crippen LogP contribution in [0.1, 0.15) is 50.3 Å². The van der Waals surface area contributed by atoms with Gasteiger partial charge in [0.05, 0.1) is 0 Å². The number of H-pyrrole nitrogens is 1. The van der Waals surface area contributed by atoms with E-state index in [1.807, 2.05) is 19.9 Å². The van der Waals surface area contributed by atoms with Gasteiger partial charge in [0.25, 0.3) is 0 Å². The Kier molecular flexibility index (Phi) is 5.65. The van der Waals surface area contributed by atoms with E-state index in [1.165, 1.54) is 13.1 Å². The molecule has 0 spiro atoms. The van der Waals surface area contributed by atoms with Crippen molar-refractivity contribution in [3.8, 4) is 0 Å². The van der Waals surface area contributed by atoms with Crippen molar-refractivity contribution in [1.29, 1.82) is 0 Å². The Hall–Kier alpha value is -2.66. The van der Waals surface area contributed by atoms with Gasteiger partial charge in [-0.05, 0) is 45.2 Å². The zero-order valence-electron chi connectivity index (χ0n) is 17.6. The first-order valence-electron chi connectivity index (χ1n) is 10.2. The number of rotatable bonds is 5. The normalized spacial score (nSPS) is 22.5. The van der Waals surface area contributed by atoms with Crippen molar-refractivity contribution >= 4 is 27.6 Å². The van der Waals surface area contributed by atoms with Gasteiger partial charge in [-0.3, -0.25) is 5.10 Å². The summed E-state index contributed by atoms with van der Waals surface area (Å²) >= 11 is 0. The maximum Gasteiger partial charge on any atom is 0.407 e. The lowest BCUT2D eigenvalue weighted by molar-refractivity contribution is 0.0981. The van der Waals surface area contributed by atoms with E-state index in [4.69, 9.17) is 4.74 Å². The molecule has 0 radical (unpaired) electrons. The van der Waals surface area contributed by atoms with Crippen LogP contribution in [-0.4, -0.2) is 48.2 Å². The SMILES string of the molecule is CC(C)NC(=O)O[C@@H]1CC[C@H](c2cc(Nc3ccc(F)c4c3CN(C)S4(=O)=O)n[nH]2)C1. The van der Waals surface area contributed by atoms with E-state index < -0.39 is 21.9 Å². The highest BCUT2D eigenvalue weighted by Gasteiger charge is 2.37. The molecule has 31 heavy (non-hydrogen) atoms. The number of benzene rings is 1. The molecule has 4 rings (SSSR count). The molecule has 2 heterocycles. The number of nitrogens with one attached hydrogen (secondary N) is 3. The molecular weight excluding hydrogens is 425 g/mol. The lowest BCUT2D eigenvalue weighted by atomic mass is 10.0. The van der Waals surface area contributed by atoms with Crippen LogP contribution in [0.4, 0.5) is 20.7 Å². The second kappa shape index (κ2) is 8.12. The minimum absolute atomic E-state index is 0.0219. The highest BCUT2D eigenvalue weighted by Crippen LogP contribution is 2.39. The summed E-state index contributed by atoms with van der Waals surface area (Å²) in [6, 6.07) is 4.54. The topological polar surface area (TPSA) is 116 Å². The minimum Gasteiger partial charge on any atom is -0.446 e. The first-order valence-corrected chi connectivity index (χ1v) is 11.7. The van der Waals surface area contributed by atoms with Crippen LogP contribution in [0.5, 0.6) is 0 Å². The van der Waals surface area contributed by atoms with Gasteiger partial charge < -0.3 is 15.4 Å². The third kappa shape index (κ3) is 4.24. The number of fused-ring (bicyclic) bond motifs is 1. The molecule has 9 nitrogen and oxygen atoms in total. The van der Waals surface area contributed by atoms with Crippen LogP contribution in [0.25, 0.3) is 0 Å². The van der Waals surface area contributed by atoms with Crippen molar-refractivity contribution in [2.24, 2.45) is 0 Å². The number of halogens is 1. The van der Waals surface area contributed by atoms with E-state index in [-0.39, 0.29) is 29.5 Å². The second-order valence-electron chi connectivity index (χ2n) is 8.33. The number of aromatic amines is 1. The molecule has 1 aromatic heterocycles. The molecule has 2 aliphatic rings. The van der Waals surface area contributed by atoms with E-state index in [2.05, 4.69) is 20.8 Å². The van der Waals surface area contributed by atoms with Crippen LogP contribution in [0, 0.1) is 5.82 Å². The van der Waals surface area contributed by atoms with Crippen molar-refractivity contribution in [1.82, 2.24) is 19.8 Å². The summed E-state index contributed by atoms with van der Waals surface area (Å²) in [6.07, 6.45) is 1.77. The fraction of sp³-hybridized carbons (Fsp3) is 0.500. The average Bonchev–Trinajstić information content (AvgIpc) is 3.37. The average molecular weight is 452 g/mol. The van der Waals surface area contributed by atoms with E-state index in [9.17, 15) is 17.6 Å². The molecule has 1 aliphatic heterocycles. The fourth-order valence-electron chi connectivity index (χ4n) is 4.11. The Balaban J connectivity index is 1.45. The van der Waals surface area contributed by atoms with Crippen LogP contribution in [-0.2, 0) is 21.3 Å². The molecule has 168 valence electrons. The standard InChI is InChI=1S/C20H26FN5O4S/c1-11(2)22-20(27)30-13-5-4-12(8-13)17-9-18(25-24-17)23-16-7-6-15(21)19-14(16)10-26(3)31(19,28)29/h6-7,9,11-13H,4-5,8,10H2,1-3H3,(H,22,27)(H2,23,24,25)/t12-,13+/m0/s1. The Morgan fingerprint density at radius 2 is 2.13 bits per heavy atom. The summed E-state index contributed by atoms with van der Waals surface area (Å²) < 4.78 is 45.5. The van der Waals surface area contributed by atoms with E-state index in [0.29, 0.717) is 23.5 Å². The number of hydrogen-bond donors (Lipinski definition) is 3. The number of hydrogen-bond acceptors (Lipinski definition) is 6. The predicted octanol–water partition coefficient (Wildman–Crippen LogP) is 3.20. The Morgan fingerprint density at radius 1 is 1.35 bits per heavy atom. The third-order valence-corrected chi connectivity index (χ3v) is 7.53. The van der Waals surface area contributed by atoms with Crippen molar-refractivity contribution in [2.75, 3.05) is 12.4 Å². The number of aromatic nitrogens is 2. The van der Waals surface area contributed by atoms with Crippen molar-refractivity contribution in [3.63, 3.8) is 0 Å². The number of anilines is 2. The zero-order valence-corrected chi connectivity index (χ0v) is 18.4. The molecule has 0 bridgehead atoms. The van der Waals surface area contributed by atoms with Crippen LogP contribution in [0.3, 0.4) is 0 Å². The van der Waals surface area contributed by atoms with Gasteiger partial charge in [-0.25, -0.2) is 17.6 Å². The Labute approximate surface area is 180 Å². The number of amides is 1. The number of carbonyl (C=O) groups is 1. The van der Waals surface area contributed by atoms with Gasteiger partial charge in [-0.1, -0.05) is 0 Å². The van der Waals surface area contributed by atoms with Gasteiger partial charge in [-0.2, -0.15) is 9.40 Å². The molecule has 2 atom stereocenters. The molecule has 3 N–H and O–H groups in total. The minimum atomic E-state index is -3.82. The molecule has 1 amide bonds. The number of nitrogens with zero attached hydrogens (tertiary/aromatic N) is 2. The molecule has 0 saturated heterocycles. The maximum atomic E-state index is 14.2. The molecule has 2 aromatic rings. The van der Waals surface area contributed by atoms with Crippen molar-refractivity contribution in [2.45, 2.75) is 62.6 Å². The molecular formula is C20H26FN5O4S. The highest BCUT2D eigenvalue weighted by atomic mass is 32.2. The van der Waals surface area contributed by atoms with Gasteiger partial charge in [0.15, 0.2) is 5.82 Å². The van der Waals surface area contributed by atoms with Crippen molar-refractivity contribution in [3.05, 3.63) is 35.3 Å². The zero-order chi connectivity index (χ0) is 22.3. The summed E-state index contributed by atoms with van der Waals surface area (Å²) in [4.78, 5) is 11.5. The summed E-state index contributed by atoms with van der Waals surface area (Å²) in [7, 11) is -2.40. The second-order valence-corrected chi connectivity index (χ2v) is 10.3. The molecule has 1 fully saturated rings. The third-order valence-electron chi connectivity index (χ3n) is 5.63. The molecule has 1 saturated carbocycles. The van der Waals surface area contributed by atoms with Gasteiger partial charge in [0.1, 0.15) is 16.8 Å². The molecule has 0 unspecified atom stereocenters. The first kappa shape index (κ1) is 21.6. The Bertz CT molecular complexity index is 1100. The van der Waals surface area contributed by atoms with Gasteiger partial charge >= 0.3 is 6.09 Å². The molecule has 1 aromatic carbocycles. The van der Waals surface area contributed by atoms with Crippen LogP contribution in [0.15, 0.2) is 23.1 Å². The summed E-state index contributed by atoms with van der Waals surface area (Å²) in [5.74, 6) is -0.0749.